The first-order valence-electron chi connectivity index (χ1n) is 5.90. The molecule has 2 heterocycles. The van der Waals surface area contributed by atoms with Crippen LogP contribution in [0.3, 0.4) is 0 Å². The number of pyridine rings is 1. The molecular weight excluding hydrogens is 240 g/mol. The lowest BCUT2D eigenvalue weighted by Crippen LogP contribution is -2.13. The predicted molar refractivity (Wildman–Crippen MR) is 73.0 cm³/mol. The zero-order valence-electron chi connectivity index (χ0n) is 10.3. The van der Waals surface area contributed by atoms with Crippen molar-refractivity contribution in [3.63, 3.8) is 0 Å². The molecule has 0 spiro atoms. The third-order valence-corrected chi connectivity index (χ3v) is 2.88. The van der Waals surface area contributed by atoms with Gasteiger partial charge in [-0.2, -0.15) is 5.10 Å². The molecule has 2 aromatic heterocycles. The second-order valence-electron chi connectivity index (χ2n) is 4.31. The van der Waals surface area contributed by atoms with E-state index >= 15 is 0 Å². The highest BCUT2D eigenvalue weighted by Gasteiger charge is 2.11. The minimum Gasteiger partial charge on any atom is -0.306 e. The molecule has 5 nitrogen and oxygen atoms in total. The second-order valence-corrected chi connectivity index (χ2v) is 4.31. The van der Waals surface area contributed by atoms with Crippen molar-refractivity contribution in [2.24, 2.45) is 0 Å². The number of amides is 1. The lowest BCUT2D eigenvalue weighted by atomic mass is 10.1. The van der Waals surface area contributed by atoms with Crippen molar-refractivity contribution in [1.29, 1.82) is 0 Å². The Kier molecular flexibility index (Phi) is 2.72. The van der Waals surface area contributed by atoms with Gasteiger partial charge in [0.25, 0.3) is 5.91 Å². The average molecular weight is 252 g/mol. The smallest absolute Gasteiger partial charge is 0.259 e. The van der Waals surface area contributed by atoms with Crippen LogP contribution in [0.1, 0.15) is 15.9 Å². The number of H-pyrrole nitrogens is 1. The van der Waals surface area contributed by atoms with Gasteiger partial charge in [0.1, 0.15) is 5.82 Å². The number of nitrogens with zero attached hydrogens (tertiary/aromatic N) is 2. The number of carbonyl (C=O) groups excluding carboxylic acids is 1. The van der Waals surface area contributed by atoms with E-state index in [9.17, 15) is 4.79 Å². The SMILES string of the molecule is Cc1ccnc(NC(=O)c2cccc3cn[nH]c23)c1. The fourth-order valence-corrected chi connectivity index (χ4v) is 1.95. The Bertz CT molecular complexity index is 748. The molecule has 0 fully saturated rings. The molecule has 0 aliphatic rings. The predicted octanol–water partition coefficient (Wildman–Crippen LogP) is 2.52. The fourth-order valence-electron chi connectivity index (χ4n) is 1.95. The van der Waals surface area contributed by atoms with Crippen LogP contribution in [0.15, 0.2) is 42.7 Å². The Hall–Kier alpha value is -2.69. The van der Waals surface area contributed by atoms with Crippen LogP contribution in [0.2, 0.25) is 0 Å². The number of carbonyl (C=O) groups is 1. The molecule has 0 atom stereocenters. The van der Waals surface area contributed by atoms with E-state index in [2.05, 4.69) is 20.5 Å². The molecule has 0 saturated heterocycles. The van der Waals surface area contributed by atoms with Crippen molar-refractivity contribution in [3.05, 3.63) is 53.9 Å². The zero-order chi connectivity index (χ0) is 13.2. The number of fused-ring (bicyclic) bond motifs is 1. The highest BCUT2D eigenvalue weighted by molar-refractivity contribution is 6.11. The topological polar surface area (TPSA) is 70.7 Å². The minimum atomic E-state index is -0.201. The summed E-state index contributed by atoms with van der Waals surface area (Å²) in [6.45, 7) is 1.95. The lowest BCUT2D eigenvalue weighted by molar-refractivity contribution is 0.102. The van der Waals surface area contributed by atoms with E-state index in [0.29, 0.717) is 11.4 Å². The largest absolute Gasteiger partial charge is 0.306 e. The van der Waals surface area contributed by atoms with Gasteiger partial charge in [-0.25, -0.2) is 4.98 Å². The first kappa shape index (κ1) is 11.4. The Labute approximate surface area is 109 Å². The third kappa shape index (κ3) is 2.18. The second kappa shape index (κ2) is 4.53. The molecule has 1 amide bonds. The van der Waals surface area contributed by atoms with Crippen molar-refractivity contribution < 1.29 is 4.79 Å². The normalized spacial score (nSPS) is 10.6. The maximum absolute atomic E-state index is 12.2. The molecule has 0 radical (unpaired) electrons. The summed E-state index contributed by atoms with van der Waals surface area (Å²) < 4.78 is 0. The number of aryl methyl sites for hydroxylation is 1. The summed E-state index contributed by atoms with van der Waals surface area (Å²) in [6.07, 6.45) is 3.36. The quantitative estimate of drug-likeness (QED) is 0.736. The molecular formula is C14H12N4O. The molecule has 5 heteroatoms. The van der Waals surface area contributed by atoms with Gasteiger partial charge in [-0.1, -0.05) is 12.1 Å². The standard InChI is InChI=1S/C14H12N4O/c1-9-5-6-15-12(7-9)17-14(19)11-4-2-3-10-8-16-18-13(10)11/h2-8H,1H3,(H,16,18)(H,15,17,19). The Morgan fingerprint density at radius 3 is 3.05 bits per heavy atom. The third-order valence-electron chi connectivity index (χ3n) is 2.88. The van der Waals surface area contributed by atoms with E-state index in [1.807, 2.05) is 31.2 Å². The van der Waals surface area contributed by atoms with Gasteiger partial charge in [0.2, 0.25) is 0 Å². The summed E-state index contributed by atoms with van der Waals surface area (Å²) in [7, 11) is 0. The van der Waals surface area contributed by atoms with Crippen LogP contribution in [0.25, 0.3) is 10.9 Å². The van der Waals surface area contributed by atoms with E-state index in [0.717, 1.165) is 16.5 Å². The van der Waals surface area contributed by atoms with Crippen LogP contribution in [-0.2, 0) is 0 Å². The van der Waals surface area contributed by atoms with Gasteiger partial charge in [-0.05, 0) is 30.7 Å². The molecule has 3 aromatic rings. The van der Waals surface area contributed by atoms with Crippen LogP contribution in [0.5, 0.6) is 0 Å². The number of aromatic amines is 1. The van der Waals surface area contributed by atoms with Gasteiger partial charge >= 0.3 is 0 Å². The molecule has 0 unspecified atom stereocenters. The summed E-state index contributed by atoms with van der Waals surface area (Å²) in [4.78, 5) is 16.4. The number of para-hydroxylation sites is 1. The number of aromatic nitrogens is 3. The zero-order valence-corrected chi connectivity index (χ0v) is 10.3. The van der Waals surface area contributed by atoms with Crippen molar-refractivity contribution >= 4 is 22.6 Å². The summed E-state index contributed by atoms with van der Waals surface area (Å²) in [6, 6.07) is 9.19. The number of anilines is 1. The van der Waals surface area contributed by atoms with E-state index in [4.69, 9.17) is 0 Å². The average Bonchev–Trinajstić information content (AvgIpc) is 2.86. The summed E-state index contributed by atoms with van der Waals surface area (Å²) in [5.74, 6) is 0.342. The molecule has 19 heavy (non-hydrogen) atoms. The number of nitrogens with one attached hydrogen (secondary N) is 2. The maximum Gasteiger partial charge on any atom is 0.259 e. The van der Waals surface area contributed by atoms with Crippen molar-refractivity contribution in [2.75, 3.05) is 5.32 Å². The minimum absolute atomic E-state index is 0.201. The molecule has 94 valence electrons. The van der Waals surface area contributed by atoms with E-state index in [1.165, 1.54) is 0 Å². The van der Waals surface area contributed by atoms with Crippen LogP contribution in [0, 0.1) is 6.92 Å². The molecule has 3 rings (SSSR count). The molecule has 2 N–H and O–H groups in total. The maximum atomic E-state index is 12.2. The van der Waals surface area contributed by atoms with Gasteiger partial charge in [-0.3, -0.25) is 9.89 Å². The van der Waals surface area contributed by atoms with Crippen LogP contribution in [-0.4, -0.2) is 21.1 Å². The van der Waals surface area contributed by atoms with Crippen molar-refractivity contribution in [3.8, 4) is 0 Å². The number of rotatable bonds is 2. The van der Waals surface area contributed by atoms with Gasteiger partial charge in [0, 0.05) is 11.6 Å². The number of benzene rings is 1. The van der Waals surface area contributed by atoms with Gasteiger partial charge in [0.15, 0.2) is 0 Å². The molecule has 0 aliphatic carbocycles. The van der Waals surface area contributed by atoms with Gasteiger partial charge in [-0.15, -0.1) is 0 Å². The van der Waals surface area contributed by atoms with Gasteiger partial charge < -0.3 is 5.32 Å². The number of hydrogen-bond acceptors (Lipinski definition) is 3. The van der Waals surface area contributed by atoms with Gasteiger partial charge in [0.05, 0.1) is 17.3 Å². The van der Waals surface area contributed by atoms with E-state index < -0.39 is 0 Å². The van der Waals surface area contributed by atoms with E-state index in [-0.39, 0.29) is 5.91 Å². The molecule has 0 bridgehead atoms. The van der Waals surface area contributed by atoms with Crippen molar-refractivity contribution in [2.45, 2.75) is 6.92 Å². The Morgan fingerprint density at radius 2 is 2.21 bits per heavy atom. The van der Waals surface area contributed by atoms with Crippen LogP contribution < -0.4 is 5.32 Å². The highest BCUT2D eigenvalue weighted by Crippen LogP contribution is 2.17. The first-order valence-corrected chi connectivity index (χ1v) is 5.90. The van der Waals surface area contributed by atoms with Crippen molar-refractivity contribution in [1.82, 2.24) is 15.2 Å². The monoisotopic (exact) mass is 252 g/mol. The lowest BCUT2D eigenvalue weighted by Gasteiger charge is -2.05. The summed E-state index contributed by atoms with van der Waals surface area (Å²) >= 11 is 0. The molecule has 0 aliphatic heterocycles. The fraction of sp³-hybridized carbons (Fsp3) is 0.0714. The molecule has 1 aromatic carbocycles. The summed E-state index contributed by atoms with van der Waals surface area (Å²) in [5.41, 5.74) is 2.33. The van der Waals surface area contributed by atoms with Crippen LogP contribution in [0.4, 0.5) is 5.82 Å². The van der Waals surface area contributed by atoms with Crippen LogP contribution >= 0.6 is 0 Å². The number of hydrogen-bond donors (Lipinski definition) is 2. The highest BCUT2D eigenvalue weighted by atomic mass is 16.1. The Balaban J connectivity index is 1.94. The summed E-state index contributed by atoms with van der Waals surface area (Å²) in [5, 5.41) is 10.5. The Morgan fingerprint density at radius 1 is 1.32 bits per heavy atom. The first-order chi connectivity index (χ1) is 9.24. The van der Waals surface area contributed by atoms with E-state index in [1.54, 1.807) is 18.5 Å². The molecule has 0 saturated carbocycles.